The molecule has 0 saturated carbocycles. The third-order valence-electron chi connectivity index (χ3n) is 3.33. The van der Waals surface area contributed by atoms with Crippen LogP contribution in [0.15, 0.2) is 42.5 Å². The maximum atomic E-state index is 11.9. The first kappa shape index (κ1) is 15.1. The van der Waals surface area contributed by atoms with Crippen LogP contribution in [0.4, 0.5) is 10.5 Å². The number of hydrazine groups is 1. The number of carbonyl (C=O) groups is 1. The number of para-hydroxylation sites is 1. The van der Waals surface area contributed by atoms with Crippen molar-refractivity contribution in [2.75, 3.05) is 5.32 Å². The third-order valence-corrected chi connectivity index (χ3v) is 3.33. The van der Waals surface area contributed by atoms with E-state index in [0.29, 0.717) is 6.54 Å². The zero-order valence-corrected chi connectivity index (χ0v) is 12.7. The van der Waals surface area contributed by atoms with Gasteiger partial charge in [0.05, 0.1) is 0 Å². The molecule has 0 spiro atoms. The predicted octanol–water partition coefficient (Wildman–Crippen LogP) is 3.44. The van der Waals surface area contributed by atoms with Gasteiger partial charge in [-0.25, -0.2) is 10.2 Å². The van der Waals surface area contributed by atoms with E-state index in [2.05, 4.69) is 16.2 Å². The van der Waals surface area contributed by atoms with Gasteiger partial charge in [-0.1, -0.05) is 48.0 Å². The molecule has 4 heteroatoms. The molecule has 3 N–H and O–H groups in total. The van der Waals surface area contributed by atoms with Crippen LogP contribution in [0.1, 0.15) is 22.3 Å². The second-order valence-electron chi connectivity index (χ2n) is 5.19. The molecule has 2 aromatic rings. The fourth-order valence-electron chi connectivity index (χ4n) is 2.09. The van der Waals surface area contributed by atoms with E-state index in [1.807, 2.05) is 63.2 Å². The summed E-state index contributed by atoms with van der Waals surface area (Å²) in [6, 6.07) is 13.8. The molecule has 0 saturated heterocycles. The molecule has 110 valence electrons. The van der Waals surface area contributed by atoms with Gasteiger partial charge in [-0.05, 0) is 37.5 Å². The number of rotatable bonds is 4. The zero-order valence-electron chi connectivity index (χ0n) is 12.7. The molecule has 21 heavy (non-hydrogen) atoms. The molecule has 0 heterocycles. The second-order valence-corrected chi connectivity index (χ2v) is 5.19. The van der Waals surface area contributed by atoms with Crippen LogP contribution in [0, 0.1) is 20.8 Å². The van der Waals surface area contributed by atoms with Gasteiger partial charge in [-0.2, -0.15) is 0 Å². The number of hydrogen-bond donors (Lipinski definition) is 3. The van der Waals surface area contributed by atoms with Crippen molar-refractivity contribution >= 4 is 11.7 Å². The minimum absolute atomic E-state index is 0.264. The van der Waals surface area contributed by atoms with Crippen molar-refractivity contribution in [1.29, 1.82) is 0 Å². The van der Waals surface area contributed by atoms with Crippen LogP contribution >= 0.6 is 0 Å². The van der Waals surface area contributed by atoms with Gasteiger partial charge in [0.1, 0.15) is 0 Å². The Morgan fingerprint density at radius 2 is 1.57 bits per heavy atom. The largest absolute Gasteiger partial charge is 0.333 e. The number of nitrogens with one attached hydrogen (secondary N) is 3. The summed E-state index contributed by atoms with van der Waals surface area (Å²) < 4.78 is 0. The molecule has 0 aromatic heterocycles. The number of anilines is 1. The topological polar surface area (TPSA) is 53.2 Å². The molecule has 2 rings (SSSR count). The number of urea groups is 1. The van der Waals surface area contributed by atoms with E-state index < -0.39 is 0 Å². The van der Waals surface area contributed by atoms with Crippen LogP contribution in [0.3, 0.4) is 0 Å². The monoisotopic (exact) mass is 283 g/mol. The Hall–Kier alpha value is -2.33. The molecule has 0 aliphatic carbocycles. The van der Waals surface area contributed by atoms with Crippen LogP contribution in [0.25, 0.3) is 0 Å². The van der Waals surface area contributed by atoms with Crippen LogP contribution < -0.4 is 16.2 Å². The fraction of sp³-hybridized carbons (Fsp3) is 0.235. The minimum atomic E-state index is -0.264. The van der Waals surface area contributed by atoms with Crippen LogP contribution in [-0.2, 0) is 6.54 Å². The Labute approximate surface area is 125 Å². The molecule has 2 amide bonds. The predicted molar refractivity (Wildman–Crippen MR) is 86.1 cm³/mol. The zero-order chi connectivity index (χ0) is 15.2. The molecule has 2 aromatic carbocycles. The van der Waals surface area contributed by atoms with E-state index in [-0.39, 0.29) is 6.03 Å². The molecule has 0 unspecified atom stereocenters. The smallest absolute Gasteiger partial charge is 0.306 e. The first-order valence-corrected chi connectivity index (χ1v) is 6.98. The average molecular weight is 283 g/mol. The summed E-state index contributed by atoms with van der Waals surface area (Å²) in [6.07, 6.45) is 0. The number of carbonyl (C=O) groups excluding carboxylic acids is 1. The van der Waals surface area contributed by atoms with Crippen molar-refractivity contribution in [1.82, 2.24) is 10.9 Å². The van der Waals surface area contributed by atoms with Crippen LogP contribution in [0.2, 0.25) is 0 Å². The van der Waals surface area contributed by atoms with Crippen molar-refractivity contribution in [3.05, 3.63) is 64.7 Å². The van der Waals surface area contributed by atoms with Crippen molar-refractivity contribution in [3.63, 3.8) is 0 Å². The number of benzene rings is 2. The quantitative estimate of drug-likeness (QED) is 0.753. The van der Waals surface area contributed by atoms with E-state index in [0.717, 1.165) is 22.4 Å². The molecule has 0 radical (unpaired) electrons. The molecular weight excluding hydrogens is 262 g/mol. The van der Waals surface area contributed by atoms with E-state index in [1.54, 1.807) is 0 Å². The van der Waals surface area contributed by atoms with Gasteiger partial charge in [-0.3, -0.25) is 5.43 Å². The van der Waals surface area contributed by atoms with Gasteiger partial charge in [-0.15, -0.1) is 0 Å². The minimum Gasteiger partial charge on any atom is -0.306 e. The maximum absolute atomic E-state index is 11.9. The summed E-state index contributed by atoms with van der Waals surface area (Å²) in [5, 5.41) is 2.86. The molecular formula is C17H21N3O. The fourth-order valence-corrected chi connectivity index (χ4v) is 2.09. The number of hydrogen-bond acceptors (Lipinski definition) is 2. The standard InChI is InChI=1S/C17H21N3O/c1-12-7-9-15(10-8-12)11-18-20-17(21)19-16-13(2)5-4-6-14(16)3/h4-10,18H,11H2,1-3H3,(H2,19,20,21). The lowest BCUT2D eigenvalue weighted by Gasteiger charge is -2.13. The van der Waals surface area contributed by atoms with Gasteiger partial charge in [0, 0.05) is 12.2 Å². The third kappa shape index (κ3) is 4.33. The van der Waals surface area contributed by atoms with E-state index in [4.69, 9.17) is 0 Å². The van der Waals surface area contributed by atoms with Crippen molar-refractivity contribution in [2.45, 2.75) is 27.3 Å². The molecule has 0 aliphatic rings. The Kier molecular flexibility index (Phi) is 4.95. The highest BCUT2D eigenvalue weighted by Gasteiger charge is 2.06. The summed E-state index contributed by atoms with van der Waals surface area (Å²) >= 11 is 0. The summed E-state index contributed by atoms with van der Waals surface area (Å²) in [4.78, 5) is 11.9. The van der Waals surface area contributed by atoms with Gasteiger partial charge in [0.2, 0.25) is 0 Å². The van der Waals surface area contributed by atoms with Gasteiger partial charge in [0.15, 0.2) is 0 Å². The average Bonchev–Trinajstić information content (AvgIpc) is 2.45. The van der Waals surface area contributed by atoms with E-state index in [9.17, 15) is 4.79 Å². The Bertz CT molecular complexity index is 600. The summed E-state index contributed by atoms with van der Waals surface area (Å²) in [6.45, 7) is 6.58. The summed E-state index contributed by atoms with van der Waals surface area (Å²) in [7, 11) is 0. The first-order valence-electron chi connectivity index (χ1n) is 6.98. The maximum Gasteiger partial charge on any atom is 0.333 e. The highest BCUT2D eigenvalue weighted by atomic mass is 16.2. The van der Waals surface area contributed by atoms with Crippen LogP contribution in [-0.4, -0.2) is 6.03 Å². The van der Waals surface area contributed by atoms with Gasteiger partial charge >= 0.3 is 6.03 Å². The lowest BCUT2D eigenvalue weighted by molar-refractivity contribution is 0.247. The van der Waals surface area contributed by atoms with Crippen molar-refractivity contribution in [3.8, 4) is 0 Å². The van der Waals surface area contributed by atoms with Crippen molar-refractivity contribution < 1.29 is 4.79 Å². The van der Waals surface area contributed by atoms with E-state index >= 15 is 0 Å². The Balaban J connectivity index is 1.84. The number of aryl methyl sites for hydroxylation is 3. The van der Waals surface area contributed by atoms with Crippen LogP contribution in [0.5, 0.6) is 0 Å². The molecule has 4 nitrogen and oxygen atoms in total. The van der Waals surface area contributed by atoms with Gasteiger partial charge in [0.25, 0.3) is 0 Å². The number of amides is 2. The summed E-state index contributed by atoms with van der Waals surface area (Å²) in [5.41, 5.74) is 10.9. The highest BCUT2D eigenvalue weighted by Crippen LogP contribution is 2.18. The SMILES string of the molecule is Cc1ccc(CNNC(=O)Nc2c(C)cccc2C)cc1. The first-order chi connectivity index (χ1) is 10.1. The molecule has 0 atom stereocenters. The van der Waals surface area contributed by atoms with E-state index in [1.165, 1.54) is 5.56 Å². The molecule has 0 bridgehead atoms. The Morgan fingerprint density at radius 3 is 2.19 bits per heavy atom. The molecule has 0 fully saturated rings. The van der Waals surface area contributed by atoms with Gasteiger partial charge < -0.3 is 5.32 Å². The lowest BCUT2D eigenvalue weighted by atomic mass is 10.1. The Morgan fingerprint density at radius 1 is 0.952 bits per heavy atom. The molecule has 0 aliphatic heterocycles. The highest BCUT2D eigenvalue weighted by molar-refractivity contribution is 5.90. The lowest BCUT2D eigenvalue weighted by Crippen LogP contribution is -2.40. The van der Waals surface area contributed by atoms with Crippen molar-refractivity contribution in [2.24, 2.45) is 0 Å². The normalized spacial score (nSPS) is 10.2. The second kappa shape index (κ2) is 6.90. The summed E-state index contributed by atoms with van der Waals surface area (Å²) in [5.74, 6) is 0.